The van der Waals surface area contributed by atoms with E-state index in [0.717, 1.165) is 10.0 Å². The number of carbonyl (C=O) groups is 2. The number of halogens is 3. The second-order valence-electron chi connectivity index (χ2n) is 8.86. The highest BCUT2D eigenvalue weighted by atomic mass is 79.9. The van der Waals surface area contributed by atoms with Gasteiger partial charge in [0.05, 0.1) is 11.9 Å². The molecule has 1 saturated heterocycles. The predicted molar refractivity (Wildman–Crippen MR) is 148 cm³/mol. The van der Waals surface area contributed by atoms with Gasteiger partial charge in [0.15, 0.2) is 5.03 Å². The maximum absolute atomic E-state index is 13.8. The number of nitrogens with zero attached hydrogens (tertiary/aromatic N) is 5. The standard InChI is InChI=1S/C24H23BrCl2N6O4S/c1-28-24(35)30-6-8-31(9-7-30)38(36,37)21-14-29-23-32(19-12-17(26)11-18(27)13-19)22(34)20(33(21)23)10-15-2-4-16(25)5-3-15/h2-5,11-14,20H,6-10H2,1H3,(H,28,35). The molecule has 0 bridgehead atoms. The molecule has 38 heavy (non-hydrogen) atoms. The monoisotopic (exact) mass is 640 g/mol. The molecule has 5 rings (SSSR count). The second kappa shape index (κ2) is 10.5. The van der Waals surface area contributed by atoms with E-state index >= 15 is 0 Å². The maximum atomic E-state index is 13.8. The summed E-state index contributed by atoms with van der Waals surface area (Å²) in [6.45, 7) is 0.729. The van der Waals surface area contributed by atoms with Crippen LogP contribution in [0.2, 0.25) is 10.0 Å². The quantitative estimate of drug-likeness (QED) is 0.452. The third kappa shape index (κ3) is 4.91. The van der Waals surface area contributed by atoms with Gasteiger partial charge in [-0.1, -0.05) is 51.3 Å². The van der Waals surface area contributed by atoms with Crippen molar-refractivity contribution in [1.82, 2.24) is 24.1 Å². The summed E-state index contributed by atoms with van der Waals surface area (Å²) < 4.78 is 31.3. The fourth-order valence-corrected chi connectivity index (χ4v) is 7.03. The zero-order valence-electron chi connectivity index (χ0n) is 20.1. The van der Waals surface area contributed by atoms with Gasteiger partial charge in [0.1, 0.15) is 6.04 Å². The maximum Gasteiger partial charge on any atom is 0.317 e. The van der Waals surface area contributed by atoms with Crippen LogP contribution in [0.25, 0.3) is 0 Å². The van der Waals surface area contributed by atoms with Crippen LogP contribution in [0.15, 0.2) is 58.2 Å². The Bertz CT molecular complexity index is 1490. The molecule has 2 aliphatic rings. The van der Waals surface area contributed by atoms with E-state index in [-0.39, 0.29) is 55.5 Å². The summed E-state index contributed by atoms with van der Waals surface area (Å²) in [5.41, 5.74) is 1.24. The van der Waals surface area contributed by atoms with Gasteiger partial charge < -0.3 is 10.2 Å². The molecule has 3 aromatic rings. The fourth-order valence-electron chi connectivity index (χ4n) is 4.70. The van der Waals surface area contributed by atoms with Gasteiger partial charge in [-0.3, -0.25) is 9.36 Å². The van der Waals surface area contributed by atoms with E-state index in [1.807, 2.05) is 24.3 Å². The summed E-state index contributed by atoms with van der Waals surface area (Å²) in [4.78, 5) is 33.1. The van der Waals surface area contributed by atoms with Crippen molar-refractivity contribution in [3.05, 3.63) is 68.7 Å². The Kier molecular flexibility index (Phi) is 7.44. The lowest BCUT2D eigenvalue weighted by Crippen LogP contribution is -2.52. The number of imidazole rings is 1. The number of hydrogen-bond donors (Lipinski definition) is 1. The van der Waals surface area contributed by atoms with Crippen molar-refractivity contribution >= 4 is 72.7 Å². The van der Waals surface area contributed by atoms with Crippen LogP contribution in [0.4, 0.5) is 16.4 Å². The number of rotatable bonds is 5. The zero-order chi connectivity index (χ0) is 27.2. The zero-order valence-corrected chi connectivity index (χ0v) is 24.1. The lowest BCUT2D eigenvalue weighted by Gasteiger charge is -2.33. The van der Waals surface area contributed by atoms with Crippen molar-refractivity contribution in [3.63, 3.8) is 0 Å². The van der Waals surface area contributed by atoms with Gasteiger partial charge in [-0.05, 0) is 35.9 Å². The number of fused-ring (bicyclic) bond motifs is 1. The van der Waals surface area contributed by atoms with Crippen molar-refractivity contribution in [1.29, 1.82) is 0 Å². The van der Waals surface area contributed by atoms with Crippen LogP contribution in [-0.4, -0.2) is 72.3 Å². The van der Waals surface area contributed by atoms with Crippen molar-refractivity contribution in [2.75, 3.05) is 38.1 Å². The average molecular weight is 642 g/mol. The molecule has 1 aromatic heterocycles. The largest absolute Gasteiger partial charge is 0.341 e. The van der Waals surface area contributed by atoms with E-state index in [2.05, 4.69) is 26.2 Å². The summed E-state index contributed by atoms with van der Waals surface area (Å²) >= 11 is 15.9. The van der Waals surface area contributed by atoms with Crippen molar-refractivity contribution in [3.8, 4) is 0 Å². The Balaban J connectivity index is 1.55. The smallest absolute Gasteiger partial charge is 0.317 e. The number of benzene rings is 2. The van der Waals surface area contributed by atoms with Gasteiger partial charge in [0, 0.05) is 54.2 Å². The molecule has 0 aliphatic carbocycles. The highest BCUT2D eigenvalue weighted by molar-refractivity contribution is 9.10. The average Bonchev–Trinajstić information content (AvgIpc) is 3.43. The van der Waals surface area contributed by atoms with Crippen LogP contribution >= 0.6 is 39.1 Å². The van der Waals surface area contributed by atoms with E-state index in [9.17, 15) is 18.0 Å². The minimum Gasteiger partial charge on any atom is -0.341 e. The number of urea groups is 1. The summed E-state index contributed by atoms with van der Waals surface area (Å²) in [6, 6.07) is 11.1. The first kappa shape index (κ1) is 26.9. The minimum absolute atomic E-state index is 0.0908. The van der Waals surface area contributed by atoms with E-state index < -0.39 is 16.1 Å². The molecule has 0 radical (unpaired) electrons. The highest BCUT2D eigenvalue weighted by Gasteiger charge is 2.44. The lowest BCUT2D eigenvalue weighted by atomic mass is 10.1. The first-order valence-electron chi connectivity index (χ1n) is 11.7. The molecule has 0 spiro atoms. The van der Waals surface area contributed by atoms with Crippen LogP contribution in [0.5, 0.6) is 0 Å². The molecule has 1 fully saturated rings. The number of anilines is 2. The van der Waals surface area contributed by atoms with Gasteiger partial charge in [0.25, 0.3) is 15.9 Å². The van der Waals surface area contributed by atoms with E-state index in [0.29, 0.717) is 15.7 Å². The van der Waals surface area contributed by atoms with Gasteiger partial charge in [-0.15, -0.1) is 0 Å². The van der Waals surface area contributed by atoms with Gasteiger partial charge >= 0.3 is 6.03 Å². The summed E-state index contributed by atoms with van der Waals surface area (Å²) in [5.74, 6) is -0.187. The Labute approximate surface area is 238 Å². The van der Waals surface area contributed by atoms with Crippen LogP contribution < -0.4 is 10.2 Å². The molecule has 10 nitrogen and oxygen atoms in total. The number of piperazine rings is 1. The molecule has 200 valence electrons. The van der Waals surface area contributed by atoms with Crippen molar-refractivity contribution in [2.45, 2.75) is 17.5 Å². The molecule has 3 amide bonds. The molecule has 14 heteroatoms. The molecule has 2 aliphatic heterocycles. The highest BCUT2D eigenvalue weighted by Crippen LogP contribution is 2.41. The molecule has 1 unspecified atom stereocenters. The first-order valence-corrected chi connectivity index (χ1v) is 14.7. The normalized spacial score (nSPS) is 18.1. The van der Waals surface area contributed by atoms with Crippen LogP contribution in [0.1, 0.15) is 11.6 Å². The minimum atomic E-state index is -4.04. The van der Waals surface area contributed by atoms with Crippen LogP contribution in [0.3, 0.4) is 0 Å². The first-order chi connectivity index (χ1) is 18.1. The number of amides is 3. The van der Waals surface area contributed by atoms with E-state index in [1.54, 1.807) is 23.1 Å². The molecular formula is C24H23BrCl2N6O4S. The molecule has 2 aromatic carbocycles. The number of carbonyl (C=O) groups excluding carboxylic acids is 2. The Hall–Kier alpha value is -2.64. The fraction of sp³-hybridized carbons (Fsp3) is 0.292. The topological polar surface area (TPSA) is 108 Å². The third-order valence-corrected chi connectivity index (χ3v) is 9.39. The molecule has 1 N–H and O–H groups in total. The van der Waals surface area contributed by atoms with Gasteiger partial charge in [-0.2, -0.15) is 4.31 Å². The number of aromatic nitrogens is 2. The predicted octanol–water partition coefficient (Wildman–Crippen LogP) is 4.06. The van der Waals surface area contributed by atoms with E-state index in [1.165, 1.54) is 27.0 Å². The van der Waals surface area contributed by atoms with Crippen molar-refractivity contribution < 1.29 is 18.0 Å². The summed E-state index contributed by atoms with van der Waals surface area (Å²) in [5, 5.41) is 3.13. The SMILES string of the molecule is CNC(=O)N1CCN(S(=O)(=O)c2cnc3n2C(Cc2ccc(Br)cc2)C(=O)N3c2cc(Cl)cc(Cl)c2)CC1. The van der Waals surface area contributed by atoms with Crippen LogP contribution in [-0.2, 0) is 21.2 Å². The van der Waals surface area contributed by atoms with E-state index in [4.69, 9.17) is 23.2 Å². The summed E-state index contributed by atoms with van der Waals surface area (Å²) in [7, 11) is -2.51. The Morgan fingerprint density at radius 3 is 2.32 bits per heavy atom. The molecule has 3 heterocycles. The van der Waals surface area contributed by atoms with Crippen LogP contribution in [0, 0.1) is 0 Å². The van der Waals surface area contributed by atoms with Gasteiger partial charge in [-0.25, -0.2) is 23.1 Å². The molecular weight excluding hydrogens is 619 g/mol. The van der Waals surface area contributed by atoms with Gasteiger partial charge in [0.2, 0.25) is 5.95 Å². The molecule has 1 atom stereocenters. The number of nitrogens with one attached hydrogen (secondary N) is 1. The number of hydrogen-bond acceptors (Lipinski definition) is 5. The Morgan fingerprint density at radius 2 is 1.71 bits per heavy atom. The molecule has 0 saturated carbocycles. The summed E-state index contributed by atoms with van der Waals surface area (Å²) in [6.07, 6.45) is 1.52. The second-order valence-corrected chi connectivity index (χ2v) is 12.5. The lowest BCUT2D eigenvalue weighted by molar-refractivity contribution is -0.119. The van der Waals surface area contributed by atoms with Crippen molar-refractivity contribution in [2.24, 2.45) is 0 Å². The Morgan fingerprint density at radius 1 is 1.08 bits per heavy atom. The number of sulfonamides is 1. The third-order valence-electron chi connectivity index (χ3n) is 6.55.